The zero-order chi connectivity index (χ0) is 27.3. The number of hydrogen-bond donors (Lipinski definition) is 2. The van der Waals surface area contributed by atoms with Crippen LogP contribution in [0.1, 0.15) is 18.5 Å². The topological polar surface area (TPSA) is 115 Å². The fourth-order valence-electron chi connectivity index (χ4n) is 4.96. The average molecular weight is 526 g/mol. The number of phenols is 1. The van der Waals surface area contributed by atoms with E-state index in [0.717, 1.165) is 41.6 Å². The maximum atomic E-state index is 14.2. The van der Waals surface area contributed by atoms with Crippen LogP contribution in [0.5, 0.6) is 5.75 Å². The number of rotatable bonds is 7. The number of benzene rings is 1. The summed E-state index contributed by atoms with van der Waals surface area (Å²) in [5.41, 5.74) is 11.3. The van der Waals surface area contributed by atoms with Gasteiger partial charge in [0, 0.05) is 41.6 Å². The summed E-state index contributed by atoms with van der Waals surface area (Å²) in [5, 5.41) is 20.3. The number of hydrogen-bond acceptors (Lipinski definition) is 7. The lowest BCUT2D eigenvalue weighted by Gasteiger charge is -2.14. The third-order valence-electron chi connectivity index (χ3n) is 6.86. The SMILES string of the molecule is CC(c1cc2ccccn2c1-c1ccn(CCN(C)C)n1)n1nc(-c2cc(O)cc(F)c2)c2c(N)ncnc21. The van der Waals surface area contributed by atoms with E-state index in [1.807, 2.05) is 62.4 Å². The monoisotopic (exact) mass is 525 g/mol. The lowest BCUT2D eigenvalue weighted by atomic mass is 10.1. The van der Waals surface area contributed by atoms with Gasteiger partial charge >= 0.3 is 0 Å². The zero-order valence-electron chi connectivity index (χ0n) is 21.8. The van der Waals surface area contributed by atoms with Crippen LogP contribution in [0.2, 0.25) is 0 Å². The van der Waals surface area contributed by atoms with Gasteiger partial charge in [0.05, 0.1) is 23.7 Å². The number of phenolic OH excluding ortho intramolecular Hbond substituents is 1. The van der Waals surface area contributed by atoms with Gasteiger partial charge in [0.2, 0.25) is 0 Å². The first-order chi connectivity index (χ1) is 18.8. The first-order valence-electron chi connectivity index (χ1n) is 12.6. The third-order valence-corrected chi connectivity index (χ3v) is 6.86. The van der Waals surface area contributed by atoms with Crippen LogP contribution >= 0.6 is 0 Å². The Kier molecular flexibility index (Phi) is 5.99. The molecule has 0 radical (unpaired) electrons. The highest BCUT2D eigenvalue weighted by molar-refractivity contribution is 5.98. The summed E-state index contributed by atoms with van der Waals surface area (Å²) in [7, 11) is 4.07. The van der Waals surface area contributed by atoms with E-state index in [4.69, 9.17) is 15.9 Å². The maximum absolute atomic E-state index is 14.2. The molecule has 0 saturated carbocycles. The second-order valence-corrected chi connectivity index (χ2v) is 9.84. The number of pyridine rings is 1. The highest BCUT2D eigenvalue weighted by atomic mass is 19.1. The summed E-state index contributed by atoms with van der Waals surface area (Å²) >= 11 is 0. The van der Waals surface area contributed by atoms with Gasteiger partial charge in [-0.3, -0.25) is 4.68 Å². The summed E-state index contributed by atoms with van der Waals surface area (Å²) in [4.78, 5) is 10.8. The molecule has 0 fully saturated rings. The molecule has 6 aromatic rings. The summed E-state index contributed by atoms with van der Waals surface area (Å²) in [5.74, 6) is -0.567. The molecular formula is C28H28FN9O. The van der Waals surface area contributed by atoms with E-state index in [9.17, 15) is 9.50 Å². The van der Waals surface area contributed by atoms with Crippen molar-refractivity contribution in [1.29, 1.82) is 0 Å². The number of halogens is 1. The fraction of sp³-hybridized carbons (Fsp3) is 0.214. The van der Waals surface area contributed by atoms with E-state index >= 15 is 0 Å². The molecule has 1 atom stereocenters. The van der Waals surface area contributed by atoms with Crippen LogP contribution in [0.3, 0.4) is 0 Å². The predicted molar refractivity (Wildman–Crippen MR) is 148 cm³/mol. The second-order valence-electron chi connectivity index (χ2n) is 9.84. The van der Waals surface area contributed by atoms with Gasteiger partial charge in [0.25, 0.3) is 0 Å². The van der Waals surface area contributed by atoms with Crippen molar-refractivity contribution < 1.29 is 9.50 Å². The van der Waals surface area contributed by atoms with Crippen molar-refractivity contribution >= 4 is 22.4 Å². The number of likely N-dealkylation sites (N-methyl/N-ethyl adjacent to an activating group) is 1. The molecule has 5 heterocycles. The first-order valence-corrected chi connectivity index (χ1v) is 12.6. The van der Waals surface area contributed by atoms with Crippen molar-refractivity contribution in [1.82, 2.24) is 38.8 Å². The molecule has 0 amide bonds. The Bertz CT molecular complexity index is 1800. The minimum atomic E-state index is -0.581. The van der Waals surface area contributed by atoms with Gasteiger partial charge in [-0.05, 0) is 57.4 Å². The van der Waals surface area contributed by atoms with Gasteiger partial charge in [0.1, 0.15) is 35.1 Å². The molecule has 0 aliphatic rings. The van der Waals surface area contributed by atoms with E-state index in [2.05, 4.69) is 25.3 Å². The van der Waals surface area contributed by atoms with Crippen molar-refractivity contribution in [3.05, 3.63) is 78.6 Å². The molecule has 0 bridgehead atoms. The van der Waals surface area contributed by atoms with E-state index in [1.165, 1.54) is 18.5 Å². The Morgan fingerprint density at radius 1 is 1.05 bits per heavy atom. The second kappa shape index (κ2) is 9.52. The van der Waals surface area contributed by atoms with Crippen molar-refractivity contribution in [2.24, 2.45) is 0 Å². The average Bonchev–Trinajstić information content (AvgIpc) is 3.62. The zero-order valence-corrected chi connectivity index (χ0v) is 21.8. The van der Waals surface area contributed by atoms with Crippen LogP contribution in [0.15, 0.2) is 67.3 Å². The van der Waals surface area contributed by atoms with E-state index < -0.39 is 5.82 Å². The molecule has 6 rings (SSSR count). The molecule has 39 heavy (non-hydrogen) atoms. The van der Waals surface area contributed by atoms with E-state index in [-0.39, 0.29) is 17.6 Å². The Morgan fingerprint density at radius 2 is 1.90 bits per heavy atom. The molecule has 1 unspecified atom stereocenters. The molecule has 0 aliphatic carbocycles. The number of anilines is 1. The molecule has 0 aliphatic heterocycles. The fourth-order valence-corrected chi connectivity index (χ4v) is 4.96. The number of aromatic nitrogens is 7. The smallest absolute Gasteiger partial charge is 0.164 e. The van der Waals surface area contributed by atoms with Crippen molar-refractivity contribution in [2.75, 3.05) is 26.4 Å². The van der Waals surface area contributed by atoms with Crippen LogP contribution in [0.25, 0.3) is 39.2 Å². The highest BCUT2D eigenvalue weighted by Gasteiger charge is 2.26. The molecule has 11 heteroatoms. The van der Waals surface area contributed by atoms with Gasteiger partial charge in [-0.25, -0.2) is 19.0 Å². The predicted octanol–water partition coefficient (Wildman–Crippen LogP) is 4.21. The number of nitrogen functional groups attached to an aromatic ring is 1. The molecule has 3 N–H and O–H groups in total. The highest BCUT2D eigenvalue weighted by Crippen LogP contribution is 2.37. The van der Waals surface area contributed by atoms with Gasteiger partial charge in [-0.15, -0.1) is 0 Å². The largest absolute Gasteiger partial charge is 0.508 e. The molecule has 5 aromatic heterocycles. The normalized spacial score (nSPS) is 12.6. The van der Waals surface area contributed by atoms with Crippen molar-refractivity contribution in [3.63, 3.8) is 0 Å². The maximum Gasteiger partial charge on any atom is 0.164 e. The Balaban J connectivity index is 1.53. The van der Waals surface area contributed by atoms with Crippen LogP contribution in [0, 0.1) is 5.82 Å². The van der Waals surface area contributed by atoms with Gasteiger partial charge in [0.15, 0.2) is 5.65 Å². The minimum Gasteiger partial charge on any atom is -0.508 e. The lowest BCUT2D eigenvalue weighted by Crippen LogP contribution is -2.18. The lowest BCUT2D eigenvalue weighted by molar-refractivity contribution is 0.373. The van der Waals surface area contributed by atoms with Crippen LogP contribution in [-0.2, 0) is 6.54 Å². The molecule has 0 saturated heterocycles. The first kappa shape index (κ1) is 24.6. The number of nitrogens with two attached hydrogens (primary N) is 1. The van der Waals surface area contributed by atoms with E-state index in [0.29, 0.717) is 22.3 Å². The Morgan fingerprint density at radius 3 is 2.69 bits per heavy atom. The van der Waals surface area contributed by atoms with E-state index in [1.54, 1.807) is 4.68 Å². The van der Waals surface area contributed by atoms with Crippen LogP contribution < -0.4 is 5.73 Å². The molecular weight excluding hydrogens is 497 g/mol. The summed E-state index contributed by atoms with van der Waals surface area (Å²) < 4.78 is 20.1. The van der Waals surface area contributed by atoms with Gasteiger partial charge in [-0.2, -0.15) is 10.2 Å². The number of aromatic hydroxyl groups is 1. The minimum absolute atomic E-state index is 0.206. The standard InChI is InChI=1S/C28H28FN9O/c1-17(38-28-24(27(30)31-16-32-28)25(34-38)18-12-19(29)14-21(39)13-18)22-15-20-6-4-5-8-37(20)26(22)23-7-9-36(33-23)11-10-35(2)3/h4-9,12-17,39H,10-11H2,1-3H3,(H2,30,31,32). The quantitative estimate of drug-likeness (QED) is 0.321. The summed E-state index contributed by atoms with van der Waals surface area (Å²) in [6.07, 6.45) is 5.39. The summed E-state index contributed by atoms with van der Waals surface area (Å²) in [6, 6.07) is 13.7. The number of nitrogens with zero attached hydrogens (tertiary/aromatic N) is 8. The Labute approximate surface area is 223 Å². The molecule has 0 spiro atoms. The molecule has 198 valence electrons. The Hall–Kier alpha value is -4.77. The molecule has 1 aromatic carbocycles. The third kappa shape index (κ3) is 4.36. The van der Waals surface area contributed by atoms with Crippen LogP contribution in [-0.4, -0.2) is 64.6 Å². The van der Waals surface area contributed by atoms with Gasteiger partial charge < -0.3 is 20.1 Å². The van der Waals surface area contributed by atoms with Crippen molar-refractivity contribution in [3.8, 4) is 28.4 Å². The summed E-state index contributed by atoms with van der Waals surface area (Å²) in [6.45, 7) is 3.67. The number of fused-ring (bicyclic) bond motifs is 2. The van der Waals surface area contributed by atoms with Crippen molar-refractivity contribution in [2.45, 2.75) is 19.5 Å². The molecule has 10 nitrogen and oxygen atoms in total. The van der Waals surface area contributed by atoms with Gasteiger partial charge in [-0.1, -0.05) is 6.07 Å². The van der Waals surface area contributed by atoms with Crippen LogP contribution in [0.4, 0.5) is 10.2 Å².